The minimum atomic E-state index is -0.954. The molecule has 64 heavy (non-hydrogen) atoms. The van der Waals surface area contributed by atoms with Gasteiger partial charge in [0.2, 0.25) is 5.91 Å². The van der Waals surface area contributed by atoms with Gasteiger partial charge in [0, 0.05) is 0 Å². The molecule has 0 aliphatic rings. The number of amides is 1. The lowest BCUT2D eigenvalue weighted by molar-refractivity contribution is -0.124. The fraction of sp³-hybridized carbons (Fsp3) is 0.847. The molecule has 0 saturated heterocycles. The highest BCUT2D eigenvalue weighted by Crippen LogP contribution is 2.17. The van der Waals surface area contributed by atoms with Crippen molar-refractivity contribution in [3.63, 3.8) is 0 Å². The lowest BCUT2D eigenvalue weighted by Crippen LogP contribution is -2.45. The van der Waals surface area contributed by atoms with Gasteiger partial charge < -0.3 is 20.6 Å². The van der Waals surface area contributed by atoms with Crippen LogP contribution in [-0.2, 0) is 4.79 Å². The van der Waals surface area contributed by atoms with Crippen molar-refractivity contribution in [2.45, 2.75) is 315 Å². The third kappa shape index (κ3) is 49.7. The van der Waals surface area contributed by atoms with Crippen molar-refractivity contribution in [2.24, 2.45) is 0 Å². The average molecular weight is 899 g/mol. The molecule has 0 spiro atoms. The van der Waals surface area contributed by atoms with Crippen molar-refractivity contribution >= 4 is 5.91 Å². The lowest BCUT2D eigenvalue weighted by atomic mass is 10.0. The van der Waals surface area contributed by atoms with E-state index in [0.29, 0.717) is 6.42 Å². The highest BCUT2D eigenvalue weighted by Gasteiger charge is 2.20. The summed E-state index contributed by atoms with van der Waals surface area (Å²) < 4.78 is 0. The molecule has 0 radical (unpaired) electrons. The van der Waals surface area contributed by atoms with Gasteiger partial charge in [-0.15, -0.1) is 0 Å². The van der Waals surface area contributed by atoms with Crippen LogP contribution < -0.4 is 5.32 Å². The first-order chi connectivity index (χ1) is 31.5. The van der Waals surface area contributed by atoms with Gasteiger partial charge in [0.25, 0.3) is 0 Å². The number of allylic oxidation sites excluding steroid dienone is 7. The molecule has 0 aliphatic heterocycles. The maximum Gasteiger partial charge on any atom is 0.222 e. The molecule has 0 fully saturated rings. The van der Waals surface area contributed by atoms with E-state index in [-0.39, 0.29) is 18.9 Å². The molecular formula is C59H111NO4. The number of hydrogen-bond acceptors (Lipinski definition) is 4. The molecule has 0 saturated carbocycles. The summed E-state index contributed by atoms with van der Waals surface area (Å²) in [5.41, 5.74) is 0. The minimum Gasteiger partial charge on any atom is -0.394 e. The number of nitrogens with one attached hydrogen (secondary N) is 1. The summed E-state index contributed by atoms with van der Waals surface area (Å²) in [6.45, 7) is 4.23. The Morgan fingerprint density at radius 1 is 0.406 bits per heavy atom. The van der Waals surface area contributed by atoms with E-state index in [1.165, 1.54) is 231 Å². The number of unbranched alkanes of at least 4 members (excludes halogenated alkanes) is 37. The van der Waals surface area contributed by atoms with Crippen molar-refractivity contribution in [1.29, 1.82) is 0 Å². The number of aliphatic hydroxyl groups is 3. The van der Waals surface area contributed by atoms with Crippen molar-refractivity contribution in [2.75, 3.05) is 6.61 Å². The highest BCUT2D eigenvalue weighted by atomic mass is 16.3. The van der Waals surface area contributed by atoms with Crippen LogP contribution in [0.5, 0.6) is 0 Å². The van der Waals surface area contributed by atoms with E-state index in [9.17, 15) is 20.1 Å². The van der Waals surface area contributed by atoms with Crippen molar-refractivity contribution in [1.82, 2.24) is 5.32 Å². The number of aliphatic hydroxyl groups excluding tert-OH is 3. The maximum absolute atomic E-state index is 12.5. The molecule has 3 unspecified atom stereocenters. The fourth-order valence-electron chi connectivity index (χ4n) is 8.74. The molecule has 376 valence electrons. The normalized spacial score (nSPS) is 13.6. The van der Waals surface area contributed by atoms with E-state index in [1.807, 2.05) is 6.08 Å². The van der Waals surface area contributed by atoms with E-state index in [4.69, 9.17) is 0 Å². The van der Waals surface area contributed by atoms with Crippen LogP contribution in [0.3, 0.4) is 0 Å². The SMILES string of the molecule is CCCCCCCCCCC/C=C\C/C=C\CCCCCCCCCCCCCCCC(O)CC(=O)NC(CO)C(O)/C=C/CC/C=C/CCCCCCCCCCCCCCCC. The Hall–Kier alpha value is -1.69. The third-order valence-electron chi connectivity index (χ3n) is 13.1. The van der Waals surface area contributed by atoms with Gasteiger partial charge in [0.05, 0.1) is 31.3 Å². The Morgan fingerprint density at radius 3 is 1.09 bits per heavy atom. The zero-order valence-electron chi connectivity index (χ0n) is 42.9. The Labute approximate surface area is 399 Å². The highest BCUT2D eigenvalue weighted by molar-refractivity contribution is 5.76. The predicted octanol–water partition coefficient (Wildman–Crippen LogP) is 17.6. The van der Waals surface area contributed by atoms with Gasteiger partial charge in [-0.2, -0.15) is 0 Å². The van der Waals surface area contributed by atoms with Crippen LogP contribution in [0.15, 0.2) is 48.6 Å². The number of carbonyl (C=O) groups is 1. The molecule has 0 aromatic heterocycles. The Bertz CT molecular complexity index is 1040. The average Bonchev–Trinajstić information content (AvgIpc) is 3.29. The summed E-state index contributed by atoms with van der Waals surface area (Å²) in [6, 6.07) is -0.763. The molecule has 5 nitrogen and oxygen atoms in total. The van der Waals surface area contributed by atoms with Crippen LogP contribution >= 0.6 is 0 Å². The first-order valence-corrected chi connectivity index (χ1v) is 28.4. The molecule has 0 rings (SSSR count). The molecule has 4 N–H and O–H groups in total. The van der Waals surface area contributed by atoms with Gasteiger partial charge in [0.15, 0.2) is 0 Å². The van der Waals surface area contributed by atoms with E-state index >= 15 is 0 Å². The van der Waals surface area contributed by atoms with E-state index in [2.05, 4.69) is 55.6 Å². The Morgan fingerprint density at radius 2 is 0.719 bits per heavy atom. The zero-order chi connectivity index (χ0) is 46.5. The van der Waals surface area contributed by atoms with Crippen LogP contribution in [-0.4, -0.2) is 46.1 Å². The first-order valence-electron chi connectivity index (χ1n) is 28.4. The van der Waals surface area contributed by atoms with Crippen LogP contribution in [0.1, 0.15) is 296 Å². The van der Waals surface area contributed by atoms with Crippen molar-refractivity contribution < 1.29 is 20.1 Å². The number of carbonyl (C=O) groups excluding carboxylic acids is 1. The quantitative estimate of drug-likeness (QED) is 0.0362. The van der Waals surface area contributed by atoms with Crippen molar-refractivity contribution in [3.05, 3.63) is 48.6 Å². The molecule has 1 amide bonds. The van der Waals surface area contributed by atoms with Crippen molar-refractivity contribution in [3.8, 4) is 0 Å². The number of rotatable bonds is 52. The Balaban J connectivity index is 3.60. The minimum absolute atomic E-state index is 0.00540. The number of hydrogen-bond donors (Lipinski definition) is 4. The molecule has 0 heterocycles. The van der Waals surface area contributed by atoms with Gasteiger partial charge in [-0.3, -0.25) is 4.79 Å². The molecular weight excluding hydrogens is 787 g/mol. The van der Waals surface area contributed by atoms with E-state index in [1.54, 1.807) is 6.08 Å². The zero-order valence-corrected chi connectivity index (χ0v) is 42.9. The topological polar surface area (TPSA) is 89.8 Å². The summed E-state index contributed by atoms with van der Waals surface area (Å²) in [6.07, 6.45) is 71.6. The first kappa shape index (κ1) is 62.3. The van der Waals surface area contributed by atoms with Crippen LogP contribution in [0.25, 0.3) is 0 Å². The second-order valence-corrected chi connectivity index (χ2v) is 19.5. The molecule has 0 aromatic carbocycles. The predicted molar refractivity (Wildman–Crippen MR) is 282 cm³/mol. The fourth-order valence-corrected chi connectivity index (χ4v) is 8.74. The van der Waals surface area contributed by atoms with E-state index < -0.39 is 18.2 Å². The summed E-state index contributed by atoms with van der Waals surface area (Å²) in [7, 11) is 0. The summed E-state index contributed by atoms with van der Waals surface area (Å²) in [4.78, 5) is 12.5. The van der Waals surface area contributed by atoms with Crippen LogP contribution in [0.4, 0.5) is 0 Å². The summed E-state index contributed by atoms with van der Waals surface area (Å²) >= 11 is 0. The van der Waals surface area contributed by atoms with E-state index in [0.717, 1.165) is 38.5 Å². The molecule has 3 atom stereocenters. The second kappa shape index (κ2) is 53.9. The second-order valence-electron chi connectivity index (χ2n) is 19.5. The van der Waals surface area contributed by atoms with Crippen LogP contribution in [0.2, 0.25) is 0 Å². The van der Waals surface area contributed by atoms with Gasteiger partial charge in [-0.05, 0) is 64.2 Å². The van der Waals surface area contributed by atoms with Gasteiger partial charge >= 0.3 is 0 Å². The lowest BCUT2D eigenvalue weighted by Gasteiger charge is -2.21. The summed E-state index contributed by atoms with van der Waals surface area (Å²) in [5, 5.41) is 33.4. The molecule has 0 bridgehead atoms. The summed E-state index contributed by atoms with van der Waals surface area (Å²) in [5.74, 6) is -0.323. The van der Waals surface area contributed by atoms with Gasteiger partial charge in [-0.25, -0.2) is 0 Å². The molecule has 5 heteroatoms. The van der Waals surface area contributed by atoms with Crippen LogP contribution in [0, 0.1) is 0 Å². The third-order valence-corrected chi connectivity index (χ3v) is 13.1. The van der Waals surface area contributed by atoms with Gasteiger partial charge in [0.1, 0.15) is 0 Å². The maximum atomic E-state index is 12.5. The smallest absolute Gasteiger partial charge is 0.222 e. The monoisotopic (exact) mass is 898 g/mol. The molecule has 0 aliphatic carbocycles. The standard InChI is InChI=1S/C59H111NO4/c1-3-5-7-9-11-13-15-17-19-21-23-25-26-27-28-29-30-31-32-33-34-36-38-40-42-44-46-48-50-52-56(62)54-59(64)60-57(55-61)58(63)53-51-49-47-45-43-41-39-37-35-24-22-20-18-16-14-12-10-8-6-4-2/h23,25,27-28,43,45,51,53,56-58,61-63H,3-22,24,26,29-42,44,46-50,52,54-55H2,1-2H3,(H,60,64)/b25-23-,28-27-,45-43+,53-51+. The Kier molecular flexibility index (Phi) is 52.5. The molecule has 0 aromatic rings. The largest absolute Gasteiger partial charge is 0.394 e. The van der Waals surface area contributed by atoms with Gasteiger partial charge in [-0.1, -0.05) is 274 Å².